The first kappa shape index (κ1) is 16.3. The van der Waals surface area contributed by atoms with E-state index in [-0.39, 0.29) is 17.7 Å². The number of hydrogen-bond donors (Lipinski definition) is 0. The molecule has 0 aliphatic carbocycles. The topological polar surface area (TPSA) is 43.4 Å². The van der Waals surface area contributed by atoms with E-state index in [4.69, 9.17) is 4.74 Å². The first-order valence-corrected chi connectivity index (χ1v) is 9.12. The lowest BCUT2D eigenvalue weighted by molar-refractivity contribution is -0.144. The summed E-state index contributed by atoms with van der Waals surface area (Å²) < 4.78 is 5.95. The van der Waals surface area contributed by atoms with Crippen molar-refractivity contribution in [2.24, 2.45) is 0 Å². The molecule has 0 N–H and O–H groups in total. The molecule has 0 fully saturated rings. The van der Waals surface area contributed by atoms with Crippen LogP contribution in [0.1, 0.15) is 34.3 Å². The van der Waals surface area contributed by atoms with Crippen LogP contribution >= 0.6 is 27.7 Å². The van der Waals surface area contributed by atoms with E-state index in [0.29, 0.717) is 23.5 Å². The predicted molar refractivity (Wildman–Crippen MR) is 94.1 cm³/mol. The molecule has 0 aromatic heterocycles. The van der Waals surface area contributed by atoms with E-state index in [1.165, 1.54) is 0 Å². The molecule has 0 amide bonds. The third kappa shape index (κ3) is 3.21. The number of ether oxygens (including phenoxy) is 1. The minimum atomic E-state index is -0.310. The van der Waals surface area contributed by atoms with Gasteiger partial charge in [0, 0.05) is 26.2 Å². The highest BCUT2D eigenvalue weighted by atomic mass is 79.9. The Labute approximate surface area is 147 Å². The van der Waals surface area contributed by atoms with Crippen LogP contribution < -0.4 is 0 Å². The number of fused-ring (bicyclic) bond motifs is 1. The van der Waals surface area contributed by atoms with E-state index in [0.717, 1.165) is 14.9 Å². The Kier molecular flexibility index (Phi) is 4.87. The molecule has 118 valence electrons. The minimum absolute atomic E-state index is 0.0276. The van der Waals surface area contributed by atoms with E-state index in [1.54, 1.807) is 30.8 Å². The second-order valence-corrected chi connectivity index (χ2v) is 7.13. The Bertz CT molecular complexity index is 758. The molecule has 3 nitrogen and oxygen atoms in total. The van der Waals surface area contributed by atoms with Gasteiger partial charge in [0.15, 0.2) is 5.78 Å². The summed E-state index contributed by atoms with van der Waals surface area (Å²) in [6.45, 7) is 2.16. The molecule has 2 aromatic rings. The molecular weight excluding hydrogens is 376 g/mol. The van der Waals surface area contributed by atoms with Crippen LogP contribution in [0.2, 0.25) is 0 Å². The molecule has 1 aliphatic rings. The van der Waals surface area contributed by atoms with Gasteiger partial charge >= 0.3 is 5.97 Å². The number of rotatable bonds is 4. The van der Waals surface area contributed by atoms with Crippen LogP contribution in [0.3, 0.4) is 0 Å². The third-order valence-corrected chi connectivity index (χ3v) is 5.41. The molecule has 0 saturated carbocycles. The van der Waals surface area contributed by atoms with Gasteiger partial charge in [0.2, 0.25) is 0 Å². The number of hydrogen-bond acceptors (Lipinski definition) is 4. The van der Waals surface area contributed by atoms with Gasteiger partial charge in [-0.25, -0.2) is 0 Å². The smallest absolute Gasteiger partial charge is 0.314 e. The second-order valence-electron chi connectivity index (χ2n) is 5.18. The summed E-state index contributed by atoms with van der Waals surface area (Å²) >= 11 is 5.00. The van der Waals surface area contributed by atoms with Crippen molar-refractivity contribution in [3.05, 3.63) is 63.6 Å². The normalized spacial score (nSPS) is 16.0. The van der Waals surface area contributed by atoms with E-state index < -0.39 is 0 Å². The van der Waals surface area contributed by atoms with Gasteiger partial charge in [-0.05, 0) is 24.6 Å². The number of thioether (sulfide) groups is 1. The van der Waals surface area contributed by atoms with Crippen molar-refractivity contribution >= 4 is 39.4 Å². The molecular formula is C18H15BrO3S. The van der Waals surface area contributed by atoms with E-state index in [9.17, 15) is 9.59 Å². The van der Waals surface area contributed by atoms with Crippen LogP contribution in [0, 0.1) is 0 Å². The molecule has 0 spiro atoms. The number of ketones is 1. The molecule has 0 radical (unpaired) electrons. The highest BCUT2D eigenvalue weighted by molar-refractivity contribution is 9.10. The molecule has 1 aliphatic heterocycles. The summed E-state index contributed by atoms with van der Waals surface area (Å²) in [5, 5.41) is 0. The zero-order chi connectivity index (χ0) is 16.4. The molecule has 0 saturated heterocycles. The minimum Gasteiger partial charge on any atom is -0.465 e. The largest absolute Gasteiger partial charge is 0.465 e. The fourth-order valence-corrected chi connectivity index (χ4v) is 4.44. The number of esters is 1. The maximum Gasteiger partial charge on any atom is 0.314 e. The van der Waals surface area contributed by atoms with Crippen LogP contribution in [0.25, 0.3) is 0 Å². The van der Waals surface area contributed by atoms with Gasteiger partial charge in [0.05, 0.1) is 12.5 Å². The van der Waals surface area contributed by atoms with Crippen molar-refractivity contribution in [1.29, 1.82) is 0 Å². The summed E-state index contributed by atoms with van der Waals surface area (Å²) in [7, 11) is 0. The van der Waals surface area contributed by atoms with Gasteiger partial charge < -0.3 is 4.74 Å². The number of halogens is 1. The van der Waals surface area contributed by atoms with Gasteiger partial charge in [0.1, 0.15) is 0 Å². The maximum atomic E-state index is 12.8. The van der Waals surface area contributed by atoms with Gasteiger partial charge in [-0.15, -0.1) is 11.8 Å². The standard InChI is InChI=1S/C18H15BrO3S/c1-2-22-18(21)15-10-23-17-13(15)8-12(19)9-14(17)16(20)11-6-4-3-5-7-11/h3-9,15H,2,10H2,1H3. The van der Waals surface area contributed by atoms with Crippen LogP contribution in [-0.2, 0) is 9.53 Å². The lowest BCUT2D eigenvalue weighted by atomic mass is 9.96. The summed E-state index contributed by atoms with van der Waals surface area (Å²) in [6.07, 6.45) is 0. The van der Waals surface area contributed by atoms with Crippen LogP contribution in [0.15, 0.2) is 51.8 Å². The lowest BCUT2D eigenvalue weighted by Gasteiger charge is -2.12. The van der Waals surface area contributed by atoms with Crippen LogP contribution in [-0.4, -0.2) is 24.1 Å². The highest BCUT2D eigenvalue weighted by Crippen LogP contribution is 2.44. The summed E-state index contributed by atoms with van der Waals surface area (Å²) in [4.78, 5) is 25.8. The van der Waals surface area contributed by atoms with Gasteiger partial charge in [-0.3, -0.25) is 9.59 Å². The molecule has 23 heavy (non-hydrogen) atoms. The van der Waals surface area contributed by atoms with Crippen molar-refractivity contribution in [1.82, 2.24) is 0 Å². The maximum absolute atomic E-state index is 12.8. The van der Waals surface area contributed by atoms with Crippen LogP contribution in [0.4, 0.5) is 0 Å². The SMILES string of the molecule is CCOC(=O)C1CSc2c(C(=O)c3ccccc3)cc(Br)cc21. The molecule has 5 heteroatoms. The predicted octanol–water partition coefficient (Wildman–Crippen LogP) is 4.43. The van der Waals surface area contributed by atoms with Gasteiger partial charge in [-0.1, -0.05) is 46.3 Å². The Morgan fingerprint density at radius 2 is 2.00 bits per heavy atom. The highest BCUT2D eigenvalue weighted by Gasteiger charge is 2.33. The quantitative estimate of drug-likeness (QED) is 0.571. The van der Waals surface area contributed by atoms with Crippen molar-refractivity contribution < 1.29 is 14.3 Å². The molecule has 3 rings (SSSR count). The fourth-order valence-electron chi connectivity index (χ4n) is 2.64. The lowest BCUT2D eigenvalue weighted by Crippen LogP contribution is -2.16. The van der Waals surface area contributed by atoms with E-state index >= 15 is 0 Å². The van der Waals surface area contributed by atoms with Gasteiger partial charge in [-0.2, -0.15) is 0 Å². The van der Waals surface area contributed by atoms with E-state index in [1.807, 2.05) is 30.3 Å². The third-order valence-electron chi connectivity index (χ3n) is 3.70. The molecule has 1 heterocycles. The summed E-state index contributed by atoms with van der Waals surface area (Å²) in [5.74, 6) is 0.0459. The number of benzene rings is 2. The van der Waals surface area contributed by atoms with Crippen molar-refractivity contribution in [2.75, 3.05) is 12.4 Å². The first-order chi connectivity index (χ1) is 11.1. The van der Waals surface area contributed by atoms with Crippen molar-refractivity contribution in [2.45, 2.75) is 17.7 Å². The zero-order valence-corrected chi connectivity index (χ0v) is 14.9. The van der Waals surface area contributed by atoms with E-state index in [2.05, 4.69) is 15.9 Å². The molecule has 1 unspecified atom stereocenters. The Morgan fingerprint density at radius 3 is 2.70 bits per heavy atom. The zero-order valence-electron chi connectivity index (χ0n) is 12.5. The van der Waals surface area contributed by atoms with Crippen LogP contribution in [0.5, 0.6) is 0 Å². The molecule has 2 aromatic carbocycles. The fraction of sp³-hybridized carbons (Fsp3) is 0.222. The molecule has 1 atom stereocenters. The van der Waals surface area contributed by atoms with Gasteiger partial charge in [0.25, 0.3) is 0 Å². The summed E-state index contributed by atoms with van der Waals surface area (Å²) in [5.41, 5.74) is 2.16. The Hall–Kier alpha value is -1.59. The summed E-state index contributed by atoms with van der Waals surface area (Å²) in [6, 6.07) is 12.9. The van der Waals surface area contributed by atoms with Crippen molar-refractivity contribution in [3.8, 4) is 0 Å². The average Bonchev–Trinajstić information content (AvgIpc) is 2.98. The second kappa shape index (κ2) is 6.89. The first-order valence-electron chi connectivity index (χ1n) is 7.34. The monoisotopic (exact) mass is 390 g/mol. The van der Waals surface area contributed by atoms with Crippen molar-refractivity contribution in [3.63, 3.8) is 0 Å². The Balaban J connectivity index is 2.03. The number of carbonyl (C=O) groups excluding carboxylic acids is 2. The Morgan fingerprint density at radius 1 is 1.26 bits per heavy atom. The molecule has 0 bridgehead atoms. The number of carbonyl (C=O) groups is 2. The average molecular weight is 391 g/mol.